The van der Waals surface area contributed by atoms with Crippen LogP contribution in [0.2, 0.25) is 0 Å². The number of hydrogen-bond donors (Lipinski definition) is 2. The molecular formula is C13H24N2O. The van der Waals surface area contributed by atoms with Gasteiger partial charge in [-0.05, 0) is 24.8 Å². The lowest BCUT2D eigenvalue weighted by Crippen LogP contribution is -2.39. The minimum Gasteiger partial charge on any atom is -0.352 e. The molecule has 2 fully saturated rings. The van der Waals surface area contributed by atoms with Crippen molar-refractivity contribution in [2.24, 2.45) is 11.8 Å². The van der Waals surface area contributed by atoms with Gasteiger partial charge >= 0.3 is 0 Å². The van der Waals surface area contributed by atoms with E-state index in [4.69, 9.17) is 0 Å². The van der Waals surface area contributed by atoms with Gasteiger partial charge in [-0.1, -0.05) is 32.6 Å². The van der Waals surface area contributed by atoms with E-state index in [0.29, 0.717) is 12.0 Å². The van der Waals surface area contributed by atoms with Crippen LogP contribution in [0.4, 0.5) is 0 Å². The molecule has 3 nitrogen and oxygen atoms in total. The molecule has 0 spiro atoms. The van der Waals surface area contributed by atoms with Crippen LogP contribution in [0.1, 0.15) is 45.4 Å². The number of hydrogen-bond acceptors (Lipinski definition) is 2. The van der Waals surface area contributed by atoms with Crippen molar-refractivity contribution in [2.75, 3.05) is 13.1 Å². The van der Waals surface area contributed by atoms with E-state index >= 15 is 0 Å². The first-order chi connectivity index (χ1) is 7.75. The Labute approximate surface area is 98.4 Å². The van der Waals surface area contributed by atoms with Crippen molar-refractivity contribution in [3.8, 4) is 0 Å². The van der Waals surface area contributed by atoms with E-state index in [2.05, 4.69) is 17.6 Å². The molecular weight excluding hydrogens is 200 g/mol. The molecule has 2 rings (SSSR count). The topological polar surface area (TPSA) is 41.1 Å². The second-order valence-corrected chi connectivity index (χ2v) is 5.50. The second kappa shape index (κ2) is 5.67. The van der Waals surface area contributed by atoms with Crippen molar-refractivity contribution in [3.05, 3.63) is 0 Å². The molecule has 0 radical (unpaired) electrons. The van der Waals surface area contributed by atoms with Gasteiger partial charge in [-0.2, -0.15) is 0 Å². The van der Waals surface area contributed by atoms with Crippen LogP contribution in [-0.2, 0) is 4.79 Å². The summed E-state index contributed by atoms with van der Waals surface area (Å²) in [6, 6.07) is 0.357. The minimum atomic E-state index is 0.257. The van der Waals surface area contributed by atoms with Crippen LogP contribution in [0.25, 0.3) is 0 Å². The Morgan fingerprint density at radius 3 is 2.69 bits per heavy atom. The van der Waals surface area contributed by atoms with E-state index < -0.39 is 0 Å². The Hall–Kier alpha value is -0.570. The zero-order valence-electron chi connectivity index (χ0n) is 10.3. The molecule has 0 aromatic carbocycles. The molecule has 1 heterocycles. The van der Waals surface area contributed by atoms with Crippen LogP contribution in [0.3, 0.4) is 0 Å². The standard InChI is InChI=1S/C13H24N2O/c1-10-8-14-9-12(10)15-13(16)7-6-11-4-2-3-5-11/h10-12,14H,2-9H2,1H3,(H,15,16). The van der Waals surface area contributed by atoms with Crippen molar-refractivity contribution in [1.82, 2.24) is 10.6 Å². The molecule has 0 bridgehead atoms. The van der Waals surface area contributed by atoms with Gasteiger partial charge in [-0.15, -0.1) is 0 Å². The van der Waals surface area contributed by atoms with Crippen molar-refractivity contribution in [3.63, 3.8) is 0 Å². The van der Waals surface area contributed by atoms with Crippen LogP contribution < -0.4 is 10.6 Å². The molecule has 0 aromatic heterocycles. The van der Waals surface area contributed by atoms with Gasteiger partial charge in [0.15, 0.2) is 0 Å². The fourth-order valence-corrected chi connectivity index (χ4v) is 2.92. The minimum absolute atomic E-state index is 0.257. The Morgan fingerprint density at radius 2 is 2.06 bits per heavy atom. The van der Waals surface area contributed by atoms with Gasteiger partial charge in [0, 0.05) is 19.0 Å². The third-order valence-electron chi connectivity index (χ3n) is 4.12. The van der Waals surface area contributed by atoms with Gasteiger partial charge in [-0.25, -0.2) is 0 Å². The molecule has 2 aliphatic rings. The molecule has 16 heavy (non-hydrogen) atoms. The van der Waals surface area contributed by atoms with Crippen molar-refractivity contribution in [2.45, 2.75) is 51.5 Å². The van der Waals surface area contributed by atoms with E-state index in [-0.39, 0.29) is 5.91 Å². The zero-order valence-corrected chi connectivity index (χ0v) is 10.3. The van der Waals surface area contributed by atoms with E-state index in [1.54, 1.807) is 0 Å². The summed E-state index contributed by atoms with van der Waals surface area (Å²) in [6.45, 7) is 4.17. The first-order valence-electron chi connectivity index (χ1n) is 6.76. The largest absolute Gasteiger partial charge is 0.352 e. The van der Waals surface area contributed by atoms with Crippen LogP contribution in [-0.4, -0.2) is 25.0 Å². The molecule has 1 aliphatic heterocycles. The average molecular weight is 224 g/mol. The van der Waals surface area contributed by atoms with Gasteiger partial charge in [-0.3, -0.25) is 4.79 Å². The van der Waals surface area contributed by atoms with E-state index in [1.165, 1.54) is 25.7 Å². The number of carbonyl (C=O) groups is 1. The van der Waals surface area contributed by atoms with Crippen LogP contribution >= 0.6 is 0 Å². The highest BCUT2D eigenvalue weighted by Gasteiger charge is 2.24. The summed E-state index contributed by atoms with van der Waals surface area (Å²) in [5, 5.41) is 6.46. The summed E-state index contributed by atoms with van der Waals surface area (Å²) in [5.74, 6) is 1.66. The average Bonchev–Trinajstić information content (AvgIpc) is 2.88. The van der Waals surface area contributed by atoms with Gasteiger partial charge in [0.25, 0.3) is 0 Å². The summed E-state index contributed by atoms with van der Waals surface area (Å²) in [6.07, 6.45) is 7.25. The SMILES string of the molecule is CC1CNCC1NC(=O)CCC1CCCC1. The maximum absolute atomic E-state index is 11.8. The maximum atomic E-state index is 11.8. The molecule has 1 amide bonds. The predicted octanol–water partition coefficient (Wildman–Crippen LogP) is 1.68. The fourth-order valence-electron chi connectivity index (χ4n) is 2.92. The highest BCUT2D eigenvalue weighted by molar-refractivity contribution is 5.76. The lowest BCUT2D eigenvalue weighted by molar-refractivity contribution is -0.122. The van der Waals surface area contributed by atoms with Gasteiger partial charge < -0.3 is 10.6 Å². The second-order valence-electron chi connectivity index (χ2n) is 5.50. The Morgan fingerprint density at radius 1 is 1.31 bits per heavy atom. The Balaban J connectivity index is 1.63. The molecule has 2 unspecified atom stereocenters. The summed E-state index contributed by atoms with van der Waals surface area (Å²) in [7, 11) is 0. The molecule has 92 valence electrons. The highest BCUT2D eigenvalue weighted by atomic mass is 16.1. The van der Waals surface area contributed by atoms with E-state index in [1.807, 2.05) is 0 Å². The van der Waals surface area contributed by atoms with Crippen LogP contribution in [0.5, 0.6) is 0 Å². The van der Waals surface area contributed by atoms with Gasteiger partial charge in [0.1, 0.15) is 0 Å². The predicted molar refractivity (Wildman–Crippen MR) is 65.2 cm³/mol. The zero-order chi connectivity index (χ0) is 11.4. The number of carbonyl (C=O) groups excluding carboxylic acids is 1. The monoisotopic (exact) mass is 224 g/mol. The van der Waals surface area contributed by atoms with Gasteiger partial charge in [0.05, 0.1) is 0 Å². The smallest absolute Gasteiger partial charge is 0.220 e. The van der Waals surface area contributed by atoms with Crippen LogP contribution in [0, 0.1) is 11.8 Å². The van der Waals surface area contributed by atoms with Crippen molar-refractivity contribution in [1.29, 1.82) is 0 Å². The summed E-state index contributed by atoms with van der Waals surface area (Å²) < 4.78 is 0. The molecule has 2 atom stereocenters. The van der Waals surface area contributed by atoms with Crippen LogP contribution in [0.15, 0.2) is 0 Å². The molecule has 1 aliphatic carbocycles. The highest BCUT2D eigenvalue weighted by Crippen LogP contribution is 2.28. The fraction of sp³-hybridized carbons (Fsp3) is 0.923. The Bertz CT molecular complexity index is 236. The first kappa shape index (κ1) is 11.9. The molecule has 2 N–H and O–H groups in total. The van der Waals surface area contributed by atoms with E-state index in [9.17, 15) is 4.79 Å². The Kier molecular flexibility index (Phi) is 4.22. The number of nitrogens with one attached hydrogen (secondary N) is 2. The molecule has 3 heteroatoms. The third-order valence-corrected chi connectivity index (χ3v) is 4.12. The van der Waals surface area contributed by atoms with Crippen molar-refractivity contribution >= 4 is 5.91 Å². The maximum Gasteiger partial charge on any atom is 0.220 e. The first-order valence-corrected chi connectivity index (χ1v) is 6.76. The molecule has 1 saturated heterocycles. The summed E-state index contributed by atoms with van der Waals surface area (Å²) >= 11 is 0. The lowest BCUT2D eigenvalue weighted by atomic mass is 10.0. The molecule has 0 aromatic rings. The van der Waals surface area contributed by atoms with E-state index in [0.717, 1.165) is 31.8 Å². The summed E-state index contributed by atoms with van der Waals surface area (Å²) in [5.41, 5.74) is 0. The molecule has 1 saturated carbocycles. The summed E-state index contributed by atoms with van der Waals surface area (Å²) in [4.78, 5) is 11.8. The third kappa shape index (κ3) is 3.21. The lowest BCUT2D eigenvalue weighted by Gasteiger charge is -2.17. The van der Waals surface area contributed by atoms with Gasteiger partial charge in [0.2, 0.25) is 5.91 Å². The van der Waals surface area contributed by atoms with Crippen molar-refractivity contribution < 1.29 is 4.79 Å². The quantitative estimate of drug-likeness (QED) is 0.763. The normalized spacial score (nSPS) is 30.8. The number of rotatable bonds is 4. The number of amides is 1.